The number of carbonyl (C=O) groups is 1. The number of nitrogen functional groups attached to an aromatic ring is 1. The quantitative estimate of drug-likeness (QED) is 0.454. The molecule has 2 saturated heterocycles. The summed E-state index contributed by atoms with van der Waals surface area (Å²) in [5.74, 6) is -0.0714. The van der Waals surface area contributed by atoms with E-state index in [2.05, 4.69) is 0 Å². The first-order chi connectivity index (χ1) is 16.4. The molecule has 2 aromatic carbocycles. The van der Waals surface area contributed by atoms with Crippen LogP contribution in [0, 0.1) is 5.41 Å². The first kappa shape index (κ1) is 24.9. The van der Waals surface area contributed by atoms with Crippen molar-refractivity contribution in [1.29, 1.82) is 5.41 Å². The lowest BCUT2D eigenvalue weighted by Gasteiger charge is -2.34. The maximum absolute atomic E-state index is 12.8. The minimum absolute atomic E-state index is 0.0714. The minimum Gasteiger partial charge on any atom is -0.443 e. The predicted molar refractivity (Wildman–Crippen MR) is 122 cm³/mol. The van der Waals surface area contributed by atoms with Gasteiger partial charge in [0.1, 0.15) is 11.9 Å². The SMILES string of the molecule is N=C(N)c1ccc(N2CC(CN3CCN(S(=O)(=O)c4ccc(C(F)(F)F)cc4)CC3)OC2=O)cc1. The van der Waals surface area contributed by atoms with Crippen molar-refractivity contribution in [2.24, 2.45) is 5.73 Å². The zero-order chi connectivity index (χ0) is 25.4. The molecule has 1 atom stereocenters. The second-order valence-corrected chi connectivity index (χ2v) is 10.2. The average Bonchev–Trinajstić information content (AvgIpc) is 3.18. The van der Waals surface area contributed by atoms with E-state index in [1.807, 2.05) is 4.90 Å². The Balaban J connectivity index is 1.32. The van der Waals surface area contributed by atoms with Gasteiger partial charge in [0.2, 0.25) is 10.0 Å². The van der Waals surface area contributed by atoms with Crippen molar-refractivity contribution in [3.05, 3.63) is 59.7 Å². The summed E-state index contributed by atoms with van der Waals surface area (Å²) in [4.78, 5) is 15.6. The number of alkyl halides is 3. The molecule has 188 valence electrons. The second-order valence-electron chi connectivity index (χ2n) is 8.30. The summed E-state index contributed by atoms with van der Waals surface area (Å²) in [5, 5.41) is 7.45. The number of cyclic esters (lactones) is 1. The number of ether oxygens (including phenoxy) is 1. The largest absolute Gasteiger partial charge is 0.443 e. The Labute approximate surface area is 200 Å². The summed E-state index contributed by atoms with van der Waals surface area (Å²) >= 11 is 0. The molecular weight excluding hydrogens is 487 g/mol. The summed E-state index contributed by atoms with van der Waals surface area (Å²) in [5.41, 5.74) is 5.71. The number of piperazine rings is 1. The Morgan fingerprint density at radius 3 is 2.17 bits per heavy atom. The lowest BCUT2D eigenvalue weighted by molar-refractivity contribution is -0.137. The molecule has 0 saturated carbocycles. The minimum atomic E-state index is -4.54. The van der Waals surface area contributed by atoms with E-state index in [1.54, 1.807) is 24.3 Å². The molecule has 13 heteroatoms. The Hall–Kier alpha value is -3.16. The highest BCUT2D eigenvalue weighted by atomic mass is 32.2. The number of amidine groups is 1. The van der Waals surface area contributed by atoms with Crippen molar-refractivity contribution in [3.8, 4) is 0 Å². The zero-order valence-electron chi connectivity index (χ0n) is 18.5. The fourth-order valence-corrected chi connectivity index (χ4v) is 5.48. The van der Waals surface area contributed by atoms with E-state index < -0.39 is 34.0 Å². The number of anilines is 1. The van der Waals surface area contributed by atoms with Gasteiger partial charge in [-0.1, -0.05) is 0 Å². The number of rotatable bonds is 6. The number of nitrogens with two attached hydrogens (primary N) is 1. The number of benzene rings is 2. The highest BCUT2D eigenvalue weighted by Gasteiger charge is 2.36. The van der Waals surface area contributed by atoms with Gasteiger partial charge in [-0.05, 0) is 48.5 Å². The van der Waals surface area contributed by atoms with Crippen molar-refractivity contribution >= 4 is 27.6 Å². The van der Waals surface area contributed by atoms with E-state index in [4.69, 9.17) is 15.9 Å². The number of halogens is 3. The Morgan fingerprint density at radius 2 is 1.63 bits per heavy atom. The number of sulfonamides is 1. The fraction of sp³-hybridized carbons (Fsp3) is 0.364. The Bertz CT molecular complexity index is 1200. The number of nitrogens with zero attached hydrogens (tertiary/aromatic N) is 3. The molecule has 3 N–H and O–H groups in total. The van der Waals surface area contributed by atoms with Crippen LogP contribution in [0.15, 0.2) is 53.4 Å². The molecule has 0 radical (unpaired) electrons. The van der Waals surface area contributed by atoms with Crippen LogP contribution in [0.3, 0.4) is 0 Å². The third-order valence-corrected chi connectivity index (χ3v) is 7.89. The normalized spacial score (nSPS) is 20.1. The van der Waals surface area contributed by atoms with Crippen LogP contribution in [0.2, 0.25) is 0 Å². The van der Waals surface area contributed by atoms with Crippen LogP contribution >= 0.6 is 0 Å². The Morgan fingerprint density at radius 1 is 1.03 bits per heavy atom. The molecule has 2 aliphatic rings. The Kier molecular flexibility index (Phi) is 6.75. The van der Waals surface area contributed by atoms with E-state index >= 15 is 0 Å². The molecule has 0 bridgehead atoms. The van der Waals surface area contributed by atoms with Gasteiger partial charge in [-0.25, -0.2) is 13.2 Å². The van der Waals surface area contributed by atoms with Gasteiger partial charge in [0.05, 0.1) is 17.0 Å². The van der Waals surface area contributed by atoms with Gasteiger partial charge < -0.3 is 10.5 Å². The van der Waals surface area contributed by atoms with Gasteiger partial charge in [-0.15, -0.1) is 0 Å². The second kappa shape index (κ2) is 9.47. The van der Waals surface area contributed by atoms with E-state index in [9.17, 15) is 26.4 Å². The van der Waals surface area contributed by atoms with Crippen molar-refractivity contribution in [1.82, 2.24) is 9.21 Å². The molecule has 1 amide bonds. The molecule has 4 rings (SSSR count). The number of amides is 1. The van der Waals surface area contributed by atoms with Crippen LogP contribution < -0.4 is 10.6 Å². The van der Waals surface area contributed by atoms with E-state index in [0.29, 0.717) is 37.4 Å². The van der Waals surface area contributed by atoms with Crippen LogP contribution in [0.4, 0.5) is 23.7 Å². The van der Waals surface area contributed by atoms with Gasteiger partial charge in [0.25, 0.3) is 0 Å². The average molecular weight is 512 g/mol. The molecule has 0 aromatic heterocycles. The van der Waals surface area contributed by atoms with Crippen LogP contribution in [-0.2, 0) is 20.9 Å². The maximum Gasteiger partial charge on any atom is 0.416 e. The maximum atomic E-state index is 12.8. The van der Waals surface area contributed by atoms with Crippen LogP contribution in [0.1, 0.15) is 11.1 Å². The standard InChI is InChI=1S/C22H24F3N5O4S/c23-22(24,25)16-3-7-19(8-4-16)35(32,33)29-11-9-28(10-12-29)13-18-14-30(21(31)34-18)17-5-1-15(2-6-17)20(26)27/h1-8,18H,9-14H2,(H3,26,27). The molecule has 35 heavy (non-hydrogen) atoms. The first-order valence-electron chi connectivity index (χ1n) is 10.8. The molecule has 0 spiro atoms. The van der Waals surface area contributed by atoms with Gasteiger partial charge in [-0.2, -0.15) is 17.5 Å². The number of hydrogen-bond donors (Lipinski definition) is 2. The molecule has 2 aromatic rings. The lowest BCUT2D eigenvalue weighted by atomic mass is 10.2. The molecule has 2 heterocycles. The van der Waals surface area contributed by atoms with E-state index in [1.165, 1.54) is 9.21 Å². The fourth-order valence-electron chi connectivity index (χ4n) is 4.05. The third-order valence-electron chi connectivity index (χ3n) is 5.98. The topological polar surface area (TPSA) is 120 Å². The molecule has 2 aliphatic heterocycles. The van der Waals surface area contributed by atoms with Crippen molar-refractivity contribution < 1.29 is 31.1 Å². The number of carbonyl (C=O) groups excluding carboxylic acids is 1. The summed E-state index contributed by atoms with van der Waals surface area (Å²) in [6.07, 6.45) is -5.44. The van der Waals surface area contributed by atoms with Gasteiger partial charge in [0, 0.05) is 44.0 Å². The molecule has 0 aliphatic carbocycles. The number of hydrogen-bond acceptors (Lipinski definition) is 6. The van der Waals surface area contributed by atoms with Crippen LogP contribution in [0.5, 0.6) is 0 Å². The third kappa shape index (κ3) is 5.41. The summed E-state index contributed by atoms with van der Waals surface area (Å²) in [6, 6.07) is 10.1. The lowest BCUT2D eigenvalue weighted by Crippen LogP contribution is -2.50. The first-order valence-corrected chi connectivity index (χ1v) is 12.2. The number of nitrogens with one attached hydrogen (secondary N) is 1. The molecule has 2 fully saturated rings. The molecule has 1 unspecified atom stereocenters. The smallest absolute Gasteiger partial charge is 0.416 e. The summed E-state index contributed by atoms with van der Waals surface area (Å²) in [7, 11) is -3.92. The highest BCUT2D eigenvalue weighted by Crippen LogP contribution is 2.30. The summed E-state index contributed by atoms with van der Waals surface area (Å²) < 4.78 is 70.7. The molecular formula is C22H24F3N5O4S. The van der Waals surface area contributed by atoms with E-state index in [-0.39, 0.29) is 23.8 Å². The van der Waals surface area contributed by atoms with Crippen LogP contribution in [-0.4, -0.2) is 74.9 Å². The zero-order valence-corrected chi connectivity index (χ0v) is 19.3. The van der Waals surface area contributed by atoms with E-state index in [0.717, 1.165) is 24.3 Å². The van der Waals surface area contributed by atoms with Crippen molar-refractivity contribution in [2.45, 2.75) is 17.2 Å². The van der Waals surface area contributed by atoms with Gasteiger partial charge >= 0.3 is 12.3 Å². The van der Waals surface area contributed by atoms with Gasteiger partial charge in [0.15, 0.2) is 0 Å². The van der Waals surface area contributed by atoms with Gasteiger partial charge in [-0.3, -0.25) is 15.2 Å². The monoisotopic (exact) mass is 511 g/mol. The van der Waals surface area contributed by atoms with Crippen molar-refractivity contribution in [3.63, 3.8) is 0 Å². The summed E-state index contributed by atoms with van der Waals surface area (Å²) in [6.45, 7) is 1.85. The predicted octanol–water partition coefficient (Wildman–Crippen LogP) is 2.32. The van der Waals surface area contributed by atoms with Crippen LogP contribution in [0.25, 0.3) is 0 Å². The highest BCUT2D eigenvalue weighted by molar-refractivity contribution is 7.89. The molecule has 9 nitrogen and oxygen atoms in total. The van der Waals surface area contributed by atoms with Crippen molar-refractivity contribution in [2.75, 3.05) is 44.2 Å².